The molecule has 0 radical (unpaired) electrons. The number of ether oxygens (including phenoxy) is 1. The van der Waals surface area contributed by atoms with Gasteiger partial charge in [-0.3, -0.25) is 9.59 Å². The summed E-state index contributed by atoms with van der Waals surface area (Å²) in [6.07, 6.45) is -0.582. The van der Waals surface area contributed by atoms with E-state index in [2.05, 4.69) is 10.6 Å². The molecule has 0 aliphatic heterocycles. The lowest BCUT2D eigenvalue weighted by Gasteiger charge is -2.33. The Morgan fingerprint density at radius 2 is 1.91 bits per heavy atom. The van der Waals surface area contributed by atoms with Crippen molar-refractivity contribution in [3.63, 3.8) is 0 Å². The number of phenolic OH excluding ortho intramolecular Hbond substituents is 1. The van der Waals surface area contributed by atoms with Gasteiger partial charge in [0, 0.05) is 14.1 Å². The number of aromatic hydroxyl groups is 1. The van der Waals surface area contributed by atoms with Crippen molar-refractivity contribution in [1.82, 2.24) is 10.2 Å². The zero-order valence-electron chi connectivity index (χ0n) is 18.7. The zero-order valence-corrected chi connectivity index (χ0v) is 18.7. The summed E-state index contributed by atoms with van der Waals surface area (Å²) in [5, 5.41) is 27.0. The van der Waals surface area contributed by atoms with Crippen molar-refractivity contribution in [2.24, 2.45) is 0 Å². The molecule has 8 nitrogen and oxygen atoms in total. The Balaban J connectivity index is 1.88. The van der Waals surface area contributed by atoms with E-state index in [1.165, 1.54) is 11.0 Å². The Morgan fingerprint density at radius 1 is 1.19 bits per heavy atom. The number of ketones is 1. The molecule has 2 atom stereocenters. The summed E-state index contributed by atoms with van der Waals surface area (Å²) in [5.74, 6) is -0.369. The first-order valence-electron chi connectivity index (χ1n) is 10.5. The lowest BCUT2D eigenvalue weighted by Crippen LogP contribution is -2.46. The van der Waals surface area contributed by atoms with Gasteiger partial charge >= 0.3 is 0 Å². The second kappa shape index (κ2) is 9.74. The van der Waals surface area contributed by atoms with E-state index < -0.39 is 11.9 Å². The highest BCUT2D eigenvalue weighted by molar-refractivity contribution is 6.11. The number of rotatable bonds is 9. The van der Waals surface area contributed by atoms with Gasteiger partial charge in [-0.15, -0.1) is 0 Å². The Hall–Kier alpha value is -3.52. The van der Waals surface area contributed by atoms with Gasteiger partial charge in [0.15, 0.2) is 11.9 Å². The molecular weight excluding hydrogens is 410 g/mol. The quantitative estimate of drug-likeness (QED) is 0.445. The molecular formula is C24H29N3O5. The molecule has 0 saturated heterocycles. The standard InChI is InChI=1S/C24H29N3O5/c1-5-17(14-9-7-10-15(13-14)32-6-2)25-19-20(23(30)22(19)29)26-18-12-8-11-16(21(18)28)24(31)27(3)4/h7-13,17,22,25-26,28-29H,5-6H2,1-4H3. The van der Waals surface area contributed by atoms with Crippen LogP contribution in [0.1, 0.15) is 42.2 Å². The van der Waals surface area contributed by atoms with Crippen LogP contribution >= 0.6 is 0 Å². The smallest absolute Gasteiger partial charge is 0.257 e. The molecule has 4 N–H and O–H groups in total. The van der Waals surface area contributed by atoms with Gasteiger partial charge in [-0.1, -0.05) is 25.1 Å². The van der Waals surface area contributed by atoms with E-state index in [4.69, 9.17) is 4.74 Å². The fourth-order valence-electron chi connectivity index (χ4n) is 3.53. The van der Waals surface area contributed by atoms with Crippen molar-refractivity contribution < 1.29 is 24.5 Å². The van der Waals surface area contributed by atoms with Gasteiger partial charge in [0.2, 0.25) is 5.78 Å². The second-order valence-electron chi connectivity index (χ2n) is 7.69. The molecule has 0 fully saturated rings. The molecule has 0 aromatic heterocycles. The Kier molecular flexibility index (Phi) is 7.05. The normalized spacial score (nSPS) is 16.3. The Labute approximate surface area is 187 Å². The third-order valence-electron chi connectivity index (χ3n) is 5.28. The summed E-state index contributed by atoms with van der Waals surface area (Å²) in [5.41, 5.74) is 1.77. The SMILES string of the molecule is CCOc1cccc(C(CC)NC2=C(Nc3cccc(C(=O)N(C)C)c3O)C(=O)C2O)c1. The minimum absolute atomic E-state index is 0.113. The summed E-state index contributed by atoms with van der Waals surface area (Å²) >= 11 is 0. The number of para-hydroxylation sites is 1. The second-order valence-corrected chi connectivity index (χ2v) is 7.69. The monoisotopic (exact) mass is 439 g/mol. The first kappa shape index (κ1) is 23.1. The lowest BCUT2D eigenvalue weighted by molar-refractivity contribution is -0.124. The minimum Gasteiger partial charge on any atom is -0.505 e. The number of aliphatic hydroxyl groups excluding tert-OH is 1. The highest BCUT2D eigenvalue weighted by atomic mass is 16.5. The maximum atomic E-state index is 12.4. The molecule has 1 aliphatic rings. The van der Waals surface area contributed by atoms with E-state index in [-0.39, 0.29) is 34.6 Å². The molecule has 2 aromatic rings. The fourth-order valence-corrected chi connectivity index (χ4v) is 3.53. The number of aliphatic hydroxyl groups is 1. The molecule has 0 bridgehead atoms. The zero-order chi connectivity index (χ0) is 23.4. The number of carbonyl (C=O) groups is 2. The Morgan fingerprint density at radius 3 is 2.56 bits per heavy atom. The third kappa shape index (κ3) is 4.55. The lowest BCUT2D eigenvalue weighted by atomic mass is 9.92. The highest BCUT2D eigenvalue weighted by Crippen LogP contribution is 2.34. The number of hydrogen-bond acceptors (Lipinski definition) is 7. The molecule has 170 valence electrons. The predicted octanol–water partition coefficient (Wildman–Crippen LogP) is 2.80. The highest BCUT2D eigenvalue weighted by Gasteiger charge is 2.39. The predicted molar refractivity (Wildman–Crippen MR) is 122 cm³/mol. The number of phenols is 1. The number of benzene rings is 2. The number of nitrogens with one attached hydrogen (secondary N) is 2. The van der Waals surface area contributed by atoms with E-state index in [0.29, 0.717) is 18.7 Å². The van der Waals surface area contributed by atoms with E-state index in [9.17, 15) is 19.8 Å². The number of amides is 1. The van der Waals surface area contributed by atoms with Crippen molar-refractivity contribution in [1.29, 1.82) is 0 Å². The van der Waals surface area contributed by atoms with Crippen LogP contribution in [0.3, 0.4) is 0 Å². The molecule has 1 aliphatic carbocycles. The van der Waals surface area contributed by atoms with Crippen LogP contribution in [0.2, 0.25) is 0 Å². The van der Waals surface area contributed by atoms with Gasteiger partial charge in [-0.2, -0.15) is 0 Å². The van der Waals surface area contributed by atoms with Gasteiger partial charge < -0.3 is 30.5 Å². The van der Waals surface area contributed by atoms with Crippen LogP contribution < -0.4 is 15.4 Å². The first-order valence-corrected chi connectivity index (χ1v) is 10.5. The summed E-state index contributed by atoms with van der Waals surface area (Å²) < 4.78 is 5.57. The molecule has 0 spiro atoms. The van der Waals surface area contributed by atoms with Crippen LogP contribution in [0.5, 0.6) is 11.5 Å². The maximum Gasteiger partial charge on any atom is 0.257 e. The molecule has 2 unspecified atom stereocenters. The average Bonchev–Trinajstić information content (AvgIpc) is 2.79. The number of hydrogen-bond donors (Lipinski definition) is 4. The Bertz CT molecular complexity index is 1050. The topological polar surface area (TPSA) is 111 Å². The summed E-state index contributed by atoms with van der Waals surface area (Å²) in [6.45, 7) is 4.46. The van der Waals surface area contributed by atoms with Crippen molar-refractivity contribution in [3.05, 3.63) is 65.0 Å². The molecule has 3 rings (SSSR count). The van der Waals surface area contributed by atoms with E-state index >= 15 is 0 Å². The summed E-state index contributed by atoms with van der Waals surface area (Å²) in [4.78, 5) is 26.0. The fraction of sp³-hybridized carbons (Fsp3) is 0.333. The van der Waals surface area contributed by atoms with E-state index in [1.54, 1.807) is 26.2 Å². The van der Waals surface area contributed by atoms with E-state index in [1.807, 2.05) is 38.1 Å². The van der Waals surface area contributed by atoms with Crippen LogP contribution in [0.25, 0.3) is 0 Å². The summed E-state index contributed by atoms with van der Waals surface area (Å²) in [7, 11) is 3.17. The molecule has 0 heterocycles. The first-order chi connectivity index (χ1) is 15.3. The van der Waals surface area contributed by atoms with E-state index in [0.717, 1.165) is 11.3 Å². The van der Waals surface area contributed by atoms with Crippen molar-refractivity contribution in [2.75, 3.05) is 26.0 Å². The van der Waals surface area contributed by atoms with Gasteiger partial charge in [0.1, 0.15) is 11.4 Å². The van der Waals surface area contributed by atoms with Crippen LogP contribution in [0, 0.1) is 0 Å². The van der Waals surface area contributed by atoms with Gasteiger partial charge in [0.05, 0.1) is 29.6 Å². The van der Waals surface area contributed by atoms with Gasteiger partial charge in [0.25, 0.3) is 5.91 Å². The van der Waals surface area contributed by atoms with Gasteiger partial charge in [-0.05, 0) is 43.2 Å². The third-order valence-corrected chi connectivity index (χ3v) is 5.28. The molecule has 1 amide bonds. The number of nitrogens with zero attached hydrogens (tertiary/aromatic N) is 1. The van der Waals surface area contributed by atoms with Crippen molar-refractivity contribution in [3.8, 4) is 11.5 Å². The van der Waals surface area contributed by atoms with Gasteiger partial charge in [-0.25, -0.2) is 0 Å². The molecule has 32 heavy (non-hydrogen) atoms. The maximum absolute atomic E-state index is 12.4. The van der Waals surface area contributed by atoms with Crippen LogP contribution in [-0.4, -0.2) is 53.6 Å². The summed E-state index contributed by atoms with van der Waals surface area (Å²) in [6, 6.07) is 12.2. The largest absolute Gasteiger partial charge is 0.505 e. The van der Waals surface area contributed by atoms with Crippen LogP contribution in [-0.2, 0) is 4.79 Å². The minimum atomic E-state index is -1.28. The van der Waals surface area contributed by atoms with Crippen LogP contribution in [0.15, 0.2) is 53.9 Å². The average molecular weight is 440 g/mol. The molecule has 2 aromatic carbocycles. The molecule has 0 saturated carbocycles. The number of anilines is 1. The molecule has 8 heteroatoms. The van der Waals surface area contributed by atoms with Crippen molar-refractivity contribution in [2.45, 2.75) is 32.4 Å². The number of carbonyl (C=O) groups excluding carboxylic acids is 2. The van der Waals surface area contributed by atoms with Crippen molar-refractivity contribution >= 4 is 17.4 Å². The number of Topliss-reactive ketones (excluding diaryl/α,β-unsaturated/α-hetero) is 1. The van der Waals surface area contributed by atoms with Crippen LogP contribution in [0.4, 0.5) is 5.69 Å².